The van der Waals surface area contributed by atoms with Crippen molar-refractivity contribution in [3.63, 3.8) is 0 Å². The number of thioether (sulfide) groups is 1. The minimum absolute atomic E-state index is 0.115. The minimum Gasteiger partial charge on any atom is -0.272 e. The van der Waals surface area contributed by atoms with Gasteiger partial charge in [0.2, 0.25) is 0 Å². The van der Waals surface area contributed by atoms with E-state index in [0.29, 0.717) is 0 Å². The molecule has 0 aromatic carbocycles. The molecule has 1 unspecified atom stereocenters. The zero-order valence-electron chi connectivity index (χ0n) is 9.45. The molecule has 0 saturated carbocycles. The summed E-state index contributed by atoms with van der Waals surface area (Å²) < 4.78 is 2.00. The Bertz CT molecular complexity index is 275. The number of aromatic nitrogens is 2. The third-order valence-electron chi connectivity index (χ3n) is 2.25. The number of hydrogen-bond donors (Lipinski definition) is 0. The fourth-order valence-corrected chi connectivity index (χ4v) is 2.11. The highest BCUT2D eigenvalue weighted by molar-refractivity contribution is 7.99. The molecule has 0 radical (unpaired) electrons. The van der Waals surface area contributed by atoms with Gasteiger partial charge in [0.05, 0.1) is 11.6 Å². The first-order valence-electron chi connectivity index (χ1n) is 5.52. The first-order valence-corrected chi connectivity index (χ1v) is 7.11. The molecule has 1 aromatic heterocycles. The van der Waals surface area contributed by atoms with E-state index in [1.807, 2.05) is 22.6 Å². The topological polar surface area (TPSA) is 17.8 Å². The largest absolute Gasteiger partial charge is 0.272 e. The summed E-state index contributed by atoms with van der Waals surface area (Å²) in [7, 11) is 0. The average Bonchev–Trinajstić information content (AvgIpc) is 2.72. The molecule has 0 aliphatic carbocycles. The fraction of sp³-hybridized carbons (Fsp3) is 0.727. The minimum atomic E-state index is 0.115. The van der Waals surface area contributed by atoms with Crippen LogP contribution in [0.4, 0.5) is 0 Å². The molecular formula is C11H19ClN2S. The molecule has 86 valence electrons. The zero-order valence-corrected chi connectivity index (χ0v) is 11.0. The van der Waals surface area contributed by atoms with Gasteiger partial charge in [0.25, 0.3) is 0 Å². The van der Waals surface area contributed by atoms with E-state index in [1.54, 1.807) is 0 Å². The van der Waals surface area contributed by atoms with Crippen LogP contribution in [0.3, 0.4) is 0 Å². The van der Waals surface area contributed by atoms with E-state index < -0.39 is 0 Å². The number of hydrogen-bond acceptors (Lipinski definition) is 2. The zero-order chi connectivity index (χ0) is 11.1. The van der Waals surface area contributed by atoms with Crippen LogP contribution in [-0.2, 0) is 6.54 Å². The molecule has 0 saturated heterocycles. The molecule has 4 heteroatoms. The molecule has 0 spiro atoms. The molecule has 0 N–H and O–H groups in total. The Labute approximate surface area is 101 Å². The molecule has 1 atom stereocenters. The summed E-state index contributed by atoms with van der Waals surface area (Å²) >= 11 is 8.11. The Morgan fingerprint density at radius 1 is 1.53 bits per heavy atom. The van der Waals surface area contributed by atoms with Gasteiger partial charge in [-0.3, -0.25) is 4.68 Å². The van der Waals surface area contributed by atoms with E-state index in [4.69, 9.17) is 11.6 Å². The molecule has 0 amide bonds. The van der Waals surface area contributed by atoms with Gasteiger partial charge >= 0.3 is 0 Å². The van der Waals surface area contributed by atoms with Crippen LogP contribution < -0.4 is 0 Å². The van der Waals surface area contributed by atoms with Crippen molar-refractivity contribution in [3.05, 3.63) is 18.0 Å². The van der Waals surface area contributed by atoms with Crippen LogP contribution in [0.1, 0.15) is 37.6 Å². The lowest BCUT2D eigenvalue weighted by molar-refractivity contribution is 0.605. The van der Waals surface area contributed by atoms with Crippen LogP contribution in [0.25, 0.3) is 0 Å². The molecule has 0 fully saturated rings. The lowest BCUT2D eigenvalue weighted by Gasteiger charge is -2.02. The lowest BCUT2D eigenvalue weighted by Crippen LogP contribution is -1.99. The van der Waals surface area contributed by atoms with Gasteiger partial charge in [-0.15, -0.1) is 11.6 Å². The highest BCUT2D eigenvalue weighted by Crippen LogP contribution is 2.22. The molecule has 1 heterocycles. The van der Waals surface area contributed by atoms with Gasteiger partial charge < -0.3 is 0 Å². The predicted molar refractivity (Wildman–Crippen MR) is 68.7 cm³/mol. The van der Waals surface area contributed by atoms with Crippen LogP contribution >= 0.6 is 23.4 Å². The summed E-state index contributed by atoms with van der Waals surface area (Å²) in [6.45, 7) is 5.28. The van der Waals surface area contributed by atoms with Crippen LogP contribution in [-0.4, -0.2) is 21.3 Å². The van der Waals surface area contributed by atoms with E-state index in [0.717, 1.165) is 18.5 Å². The Balaban J connectivity index is 2.33. The standard InChI is InChI=1S/C11H19ClN2S/c1-3-11(12)10-8-13-14(9-10)6-5-7-15-4-2/h8-9,11H,3-7H2,1-2H3. The van der Waals surface area contributed by atoms with Gasteiger partial charge in [-0.1, -0.05) is 13.8 Å². The smallest absolute Gasteiger partial charge is 0.0613 e. The highest BCUT2D eigenvalue weighted by Gasteiger charge is 2.07. The molecule has 0 aliphatic heterocycles. The summed E-state index contributed by atoms with van der Waals surface area (Å²) in [6, 6.07) is 0. The van der Waals surface area contributed by atoms with Gasteiger partial charge in [-0.25, -0.2) is 0 Å². The predicted octanol–water partition coefficient (Wildman–Crippen LogP) is 3.72. The van der Waals surface area contributed by atoms with Gasteiger partial charge in [-0.05, 0) is 24.3 Å². The van der Waals surface area contributed by atoms with Crippen LogP contribution in [0, 0.1) is 0 Å². The number of aryl methyl sites for hydroxylation is 1. The Hall–Kier alpha value is -0.150. The molecule has 1 rings (SSSR count). The van der Waals surface area contributed by atoms with Gasteiger partial charge in [0.15, 0.2) is 0 Å². The van der Waals surface area contributed by atoms with Gasteiger partial charge in [-0.2, -0.15) is 16.9 Å². The number of rotatable bonds is 7. The van der Waals surface area contributed by atoms with Crippen LogP contribution in [0.2, 0.25) is 0 Å². The highest BCUT2D eigenvalue weighted by atomic mass is 35.5. The van der Waals surface area contributed by atoms with Crippen molar-refractivity contribution >= 4 is 23.4 Å². The summed E-state index contributed by atoms with van der Waals surface area (Å²) in [4.78, 5) is 0. The van der Waals surface area contributed by atoms with Crippen molar-refractivity contribution < 1.29 is 0 Å². The second kappa shape index (κ2) is 7.18. The summed E-state index contributed by atoms with van der Waals surface area (Å²) in [6.07, 6.45) is 6.09. The van der Waals surface area contributed by atoms with E-state index in [9.17, 15) is 0 Å². The SMILES string of the molecule is CCSCCCn1cc(C(Cl)CC)cn1. The molecule has 15 heavy (non-hydrogen) atoms. The van der Waals surface area contributed by atoms with Crippen LogP contribution in [0.15, 0.2) is 12.4 Å². The summed E-state index contributed by atoms with van der Waals surface area (Å²) in [5.41, 5.74) is 1.14. The normalized spacial score (nSPS) is 13.0. The van der Waals surface area contributed by atoms with Crippen molar-refractivity contribution in [3.8, 4) is 0 Å². The maximum atomic E-state index is 6.13. The number of nitrogens with zero attached hydrogens (tertiary/aromatic N) is 2. The van der Waals surface area contributed by atoms with Crippen molar-refractivity contribution in [2.45, 2.75) is 38.6 Å². The lowest BCUT2D eigenvalue weighted by atomic mass is 10.2. The monoisotopic (exact) mass is 246 g/mol. The molecule has 2 nitrogen and oxygen atoms in total. The van der Waals surface area contributed by atoms with Crippen molar-refractivity contribution in [1.29, 1.82) is 0 Å². The second-order valence-electron chi connectivity index (χ2n) is 3.46. The quantitative estimate of drug-likeness (QED) is 0.539. The van der Waals surface area contributed by atoms with E-state index >= 15 is 0 Å². The first-order chi connectivity index (χ1) is 7.27. The summed E-state index contributed by atoms with van der Waals surface area (Å²) in [5, 5.41) is 4.42. The fourth-order valence-electron chi connectivity index (χ4n) is 1.37. The van der Waals surface area contributed by atoms with Gasteiger partial charge in [0, 0.05) is 18.3 Å². The third-order valence-corrected chi connectivity index (χ3v) is 3.80. The van der Waals surface area contributed by atoms with Crippen molar-refractivity contribution in [1.82, 2.24) is 9.78 Å². The Morgan fingerprint density at radius 2 is 2.33 bits per heavy atom. The molecule has 1 aromatic rings. The molecule has 0 aliphatic rings. The molecular weight excluding hydrogens is 228 g/mol. The van der Waals surface area contributed by atoms with Crippen molar-refractivity contribution in [2.75, 3.05) is 11.5 Å². The number of halogens is 1. The summed E-state index contributed by atoms with van der Waals surface area (Å²) in [5.74, 6) is 2.41. The van der Waals surface area contributed by atoms with Gasteiger partial charge in [0.1, 0.15) is 0 Å². The van der Waals surface area contributed by atoms with E-state index in [1.165, 1.54) is 17.9 Å². The van der Waals surface area contributed by atoms with E-state index in [2.05, 4.69) is 25.1 Å². The average molecular weight is 247 g/mol. The molecule has 0 bridgehead atoms. The number of alkyl halides is 1. The Kier molecular flexibility index (Phi) is 6.18. The Morgan fingerprint density at radius 3 is 3.00 bits per heavy atom. The third kappa shape index (κ3) is 4.47. The van der Waals surface area contributed by atoms with E-state index in [-0.39, 0.29) is 5.38 Å². The second-order valence-corrected chi connectivity index (χ2v) is 5.38. The maximum absolute atomic E-state index is 6.13. The van der Waals surface area contributed by atoms with Crippen LogP contribution in [0.5, 0.6) is 0 Å². The van der Waals surface area contributed by atoms with Crippen molar-refractivity contribution in [2.24, 2.45) is 0 Å². The first kappa shape index (κ1) is 12.9. The maximum Gasteiger partial charge on any atom is 0.0613 e.